The lowest BCUT2D eigenvalue weighted by atomic mass is 9.94. The van der Waals surface area contributed by atoms with Gasteiger partial charge in [-0.1, -0.05) is 6.07 Å². The lowest BCUT2D eigenvalue weighted by molar-refractivity contribution is 0.198. The lowest BCUT2D eigenvalue weighted by Gasteiger charge is -2.20. The number of aliphatic hydroxyl groups excluding tert-OH is 1. The van der Waals surface area contributed by atoms with Crippen LogP contribution in [0.25, 0.3) is 0 Å². The first-order chi connectivity index (χ1) is 8.58. The minimum atomic E-state index is -0.399. The normalized spacial score (nSPS) is 28.7. The van der Waals surface area contributed by atoms with E-state index in [0.717, 1.165) is 30.7 Å². The van der Waals surface area contributed by atoms with Gasteiger partial charge >= 0.3 is 0 Å². The van der Waals surface area contributed by atoms with Crippen LogP contribution in [0.2, 0.25) is 0 Å². The van der Waals surface area contributed by atoms with E-state index in [0.29, 0.717) is 5.92 Å². The molecule has 1 aliphatic carbocycles. The van der Waals surface area contributed by atoms with E-state index in [4.69, 9.17) is 5.73 Å². The summed E-state index contributed by atoms with van der Waals surface area (Å²) in [6.07, 6.45) is 4.66. The van der Waals surface area contributed by atoms with Crippen LogP contribution in [-0.4, -0.2) is 35.0 Å². The van der Waals surface area contributed by atoms with Crippen molar-refractivity contribution in [3.05, 3.63) is 29.6 Å². The van der Waals surface area contributed by atoms with E-state index in [9.17, 15) is 5.11 Å². The first kappa shape index (κ1) is 13.2. The Morgan fingerprint density at radius 1 is 1.61 bits per heavy atom. The summed E-state index contributed by atoms with van der Waals surface area (Å²) in [5, 5.41) is 9.28. The predicted molar refractivity (Wildman–Crippen MR) is 73.0 cm³/mol. The molecule has 18 heavy (non-hydrogen) atoms. The highest BCUT2D eigenvalue weighted by molar-refractivity contribution is 5.96. The summed E-state index contributed by atoms with van der Waals surface area (Å²) in [7, 11) is 1.77. The van der Waals surface area contributed by atoms with Gasteiger partial charge in [-0.2, -0.15) is 0 Å². The van der Waals surface area contributed by atoms with Crippen LogP contribution in [-0.2, 0) is 0 Å². The third-order valence-corrected chi connectivity index (χ3v) is 3.92. The van der Waals surface area contributed by atoms with Gasteiger partial charge in [0.15, 0.2) is 0 Å². The van der Waals surface area contributed by atoms with E-state index in [-0.39, 0.29) is 6.61 Å². The quantitative estimate of drug-likeness (QED) is 0.795. The van der Waals surface area contributed by atoms with E-state index in [1.165, 1.54) is 5.56 Å². The Kier molecular flexibility index (Phi) is 3.78. The maximum atomic E-state index is 9.28. The highest BCUT2D eigenvalue weighted by Gasteiger charge is 2.35. The fraction of sp³-hybridized carbons (Fsp3) is 0.571. The molecule has 1 aromatic rings. The molecule has 3 N–H and O–H groups in total. The number of aliphatic hydroxyl groups is 1. The average Bonchev–Trinajstić information content (AvgIpc) is 2.81. The predicted octanol–water partition coefficient (Wildman–Crippen LogP) is 1.48. The molecule has 98 valence electrons. The molecule has 4 heteroatoms. The molecular formula is C14H21N3O. The minimum Gasteiger partial charge on any atom is -0.394 e. The molecule has 0 radical (unpaired) electrons. The van der Waals surface area contributed by atoms with Crippen molar-refractivity contribution in [1.29, 1.82) is 0 Å². The smallest absolute Gasteiger partial charge is 0.0837 e. The van der Waals surface area contributed by atoms with Gasteiger partial charge in [0, 0.05) is 18.8 Å². The molecule has 1 heterocycles. The van der Waals surface area contributed by atoms with E-state index in [2.05, 4.69) is 16.0 Å². The maximum Gasteiger partial charge on any atom is 0.0837 e. The van der Waals surface area contributed by atoms with Crippen molar-refractivity contribution in [3.63, 3.8) is 0 Å². The van der Waals surface area contributed by atoms with Gasteiger partial charge in [-0.15, -0.1) is 0 Å². The second kappa shape index (κ2) is 5.16. The Labute approximate surface area is 108 Å². The van der Waals surface area contributed by atoms with Crippen LogP contribution in [0.15, 0.2) is 23.3 Å². The minimum absolute atomic E-state index is 0.0661. The summed E-state index contributed by atoms with van der Waals surface area (Å²) < 4.78 is 0. The molecule has 0 spiro atoms. The number of hydrogen-bond acceptors (Lipinski definition) is 4. The zero-order chi connectivity index (χ0) is 13.2. The van der Waals surface area contributed by atoms with Gasteiger partial charge in [0.1, 0.15) is 0 Å². The van der Waals surface area contributed by atoms with Crippen LogP contribution < -0.4 is 5.73 Å². The molecule has 2 rings (SSSR count). The first-order valence-corrected chi connectivity index (χ1v) is 6.37. The summed E-state index contributed by atoms with van der Waals surface area (Å²) >= 11 is 0. The van der Waals surface area contributed by atoms with Crippen LogP contribution in [0.4, 0.5) is 0 Å². The zero-order valence-electron chi connectivity index (χ0n) is 11.1. The van der Waals surface area contributed by atoms with Crippen molar-refractivity contribution < 1.29 is 5.11 Å². The maximum absolute atomic E-state index is 9.28. The van der Waals surface area contributed by atoms with Crippen molar-refractivity contribution in [1.82, 2.24) is 4.98 Å². The summed E-state index contributed by atoms with van der Waals surface area (Å²) in [6.45, 7) is 2.02. The Hall–Kier alpha value is -1.26. The van der Waals surface area contributed by atoms with Gasteiger partial charge in [0.25, 0.3) is 0 Å². The number of aliphatic imine (C=N–C) groups is 1. The van der Waals surface area contributed by atoms with E-state index >= 15 is 0 Å². The third kappa shape index (κ3) is 2.60. The first-order valence-electron chi connectivity index (χ1n) is 6.37. The molecule has 4 nitrogen and oxygen atoms in total. The van der Waals surface area contributed by atoms with Gasteiger partial charge in [-0.05, 0) is 43.7 Å². The van der Waals surface area contributed by atoms with Crippen molar-refractivity contribution in [2.75, 3.05) is 13.7 Å². The van der Waals surface area contributed by atoms with E-state index in [1.807, 2.05) is 19.2 Å². The Balaban J connectivity index is 2.12. The summed E-state index contributed by atoms with van der Waals surface area (Å²) in [4.78, 5) is 8.56. The molecule has 0 saturated heterocycles. The number of pyridine rings is 1. The highest BCUT2D eigenvalue weighted by Crippen LogP contribution is 2.39. The van der Waals surface area contributed by atoms with Gasteiger partial charge in [-0.3, -0.25) is 9.98 Å². The molecule has 2 atom stereocenters. The van der Waals surface area contributed by atoms with Crippen molar-refractivity contribution in [2.24, 2.45) is 10.7 Å². The molecular weight excluding hydrogens is 226 g/mol. The van der Waals surface area contributed by atoms with Gasteiger partial charge in [0.05, 0.1) is 18.0 Å². The Morgan fingerprint density at radius 2 is 2.39 bits per heavy atom. The van der Waals surface area contributed by atoms with Crippen LogP contribution in [0.1, 0.15) is 43.4 Å². The number of nitrogens with two attached hydrogens (primary N) is 1. The largest absolute Gasteiger partial charge is 0.394 e. The molecule has 1 aromatic heterocycles. The van der Waals surface area contributed by atoms with E-state index < -0.39 is 5.54 Å². The summed E-state index contributed by atoms with van der Waals surface area (Å²) in [6, 6.07) is 4.11. The molecule has 2 unspecified atom stereocenters. The van der Waals surface area contributed by atoms with Gasteiger partial charge < -0.3 is 10.8 Å². The summed E-state index contributed by atoms with van der Waals surface area (Å²) in [5.74, 6) is 0.419. The topological polar surface area (TPSA) is 71.5 Å². The number of rotatable bonds is 3. The van der Waals surface area contributed by atoms with Crippen molar-refractivity contribution >= 4 is 5.71 Å². The Morgan fingerprint density at radius 3 is 2.89 bits per heavy atom. The number of nitrogens with zero attached hydrogens (tertiary/aromatic N) is 2. The van der Waals surface area contributed by atoms with Crippen LogP contribution in [0.3, 0.4) is 0 Å². The third-order valence-electron chi connectivity index (χ3n) is 3.92. The van der Waals surface area contributed by atoms with Crippen LogP contribution >= 0.6 is 0 Å². The van der Waals surface area contributed by atoms with Crippen molar-refractivity contribution in [3.8, 4) is 0 Å². The number of aromatic nitrogens is 1. The molecule has 0 aliphatic heterocycles. The molecule has 0 aromatic carbocycles. The van der Waals surface area contributed by atoms with Crippen LogP contribution in [0.5, 0.6) is 0 Å². The fourth-order valence-electron chi connectivity index (χ4n) is 2.56. The molecule has 1 fully saturated rings. The SMILES string of the molecule is CN=C(C)c1ccc(C2CCC(N)(CO)C2)cn1. The second-order valence-corrected chi connectivity index (χ2v) is 5.25. The van der Waals surface area contributed by atoms with E-state index in [1.54, 1.807) is 7.05 Å². The van der Waals surface area contributed by atoms with Gasteiger partial charge in [-0.25, -0.2) is 0 Å². The standard InChI is InChI=1S/C14H21N3O/c1-10(16-2)13-4-3-12(8-17-13)11-5-6-14(15,7-11)9-18/h3-4,8,11,18H,5-7,9,15H2,1-2H3. The van der Waals surface area contributed by atoms with Gasteiger partial charge in [0.2, 0.25) is 0 Å². The molecule has 0 amide bonds. The zero-order valence-corrected chi connectivity index (χ0v) is 11.1. The molecule has 0 bridgehead atoms. The average molecular weight is 247 g/mol. The fourth-order valence-corrected chi connectivity index (χ4v) is 2.56. The van der Waals surface area contributed by atoms with Crippen LogP contribution in [0, 0.1) is 0 Å². The monoisotopic (exact) mass is 247 g/mol. The number of hydrogen-bond donors (Lipinski definition) is 2. The highest BCUT2D eigenvalue weighted by atomic mass is 16.3. The summed E-state index contributed by atoms with van der Waals surface area (Å²) in [5.41, 5.74) is 8.77. The lowest BCUT2D eigenvalue weighted by Crippen LogP contribution is -2.40. The molecule has 1 saturated carbocycles. The van der Waals surface area contributed by atoms with Crippen molar-refractivity contribution in [2.45, 2.75) is 37.6 Å². The second-order valence-electron chi connectivity index (χ2n) is 5.25. The Bertz CT molecular complexity index is 441. The molecule has 1 aliphatic rings.